The number of rotatable bonds is 4. The number of allylic oxidation sites excluding steroid dienone is 6. The second-order valence-corrected chi connectivity index (χ2v) is 15.8. The average molecular weight is 697 g/mol. The second kappa shape index (κ2) is 11.9. The first-order valence-electron chi connectivity index (χ1n) is 19.4. The molecule has 0 radical (unpaired) electrons. The van der Waals surface area contributed by atoms with E-state index < -0.39 is 0 Å². The van der Waals surface area contributed by atoms with Gasteiger partial charge in [0.05, 0.1) is 11.0 Å². The molecule has 54 heavy (non-hydrogen) atoms. The molecule has 0 fully saturated rings. The molecule has 6 aromatic carbocycles. The fraction of sp³-hybridized carbons (Fsp3) is 0.180. The minimum Gasteiger partial charge on any atom is -0.310 e. The van der Waals surface area contributed by atoms with Gasteiger partial charge in [0, 0.05) is 33.4 Å². The van der Waals surface area contributed by atoms with Crippen LogP contribution < -0.4 is 0 Å². The summed E-state index contributed by atoms with van der Waals surface area (Å²) in [7, 11) is 0. The minimum absolute atomic E-state index is 0.00722. The summed E-state index contributed by atoms with van der Waals surface area (Å²) in [4.78, 5) is 15.9. The fourth-order valence-corrected chi connectivity index (χ4v) is 9.82. The molecule has 3 aliphatic rings. The highest BCUT2D eigenvalue weighted by Crippen LogP contribution is 2.54. The van der Waals surface area contributed by atoms with E-state index in [2.05, 4.69) is 158 Å². The van der Waals surface area contributed by atoms with Gasteiger partial charge in [0.2, 0.25) is 0 Å². The zero-order chi connectivity index (χ0) is 36.0. The number of benzene rings is 6. The van der Waals surface area contributed by atoms with Crippen molar-refractivity contribution >= 4 is 60.2 Å². The van der Waals surface area contributed by atoms with Crippen molar-refractivity contribution in [1.82, 2.24) is 19.5 Å². The van der Waals surface area contributed by atoms with Gasteiger partial charge in [-0.15, -0.1) is 0 Å². The summed E-state index contributed by atoms with van der Waals surface area (Å²) in [6.07, 6.45) is 9.59. The Balaban J connectivity index is 1.06. The van der Waals surface area contributed by atoms with Crippen molar-refractivity contribution in [3.8, 4) is 11.4 Å². The Bertz CT molecular complexity index is 2850. The summed E-state index contributed by atoms with van der Waals surface area (Å²) in [5.74, 6) is 2.72. The molecule has 260 valence electrons. The van der Waals surface area contributed by atoms with Crippen molar-refractivity contribution in [3.63, 3.8) is 0 Å². The molecule has 4 heteroatoms. The lowest BCUT2D eigenvalue weighted by atomic mass is 9.74. The van der Waals surface area contributed by atoms with Gasteiger partial charge in [-0.2, -0.15) is 0 Å². The maximum absolute atomic E-state index is 5.39. The Hall–Kier alpha value is -6.13. The largest absolute Gasteiger partial charge is 0.310 e. The van der Waals surface area contributed by atoms with Gasteiger partial charge in [0.25, 0.3) is 0 Å². The predicted octanol–water partition coefficient (Wildman–Crippen LogP) is 12.7. The maximum Gasteiger partial charge on any atom is 0.163 e. The molecule has 2 heterocycles. The molecule has 1 atom stereocenters. The lowest BCUT2D eigenvalue weighted by Crippen LogP contribution is -2.22. The van der Waals surface area contributed by atoms with Crippen molar-refractivity contribution in [2.75, 3.05) is 0 Å². The van der Waals surface area contributed by atoms with E-state index in [-0.39, 0.29) is 11.3 Å². The molecule has 2 aromatic heterocycles. The Morgan fingerprint density at radius 2 is 1.28 bits per heavy atom. The monoisotopic (exact) mass is 696 g/mol. The number of hydrogen-bond donors (Lipinski definition) is 0. The molecule has 0 N–H and O–H groups in total. The van der Waals surface area contributed by atoms with Gasteiger partial charge >= 0.3 is 0 Å². The normalized spacial score (nSPS) is 17.9. The molecule has 0 amide bonds. The zero-order valence-electron chi connectivity index (χ0n) is 30.7. The van der Waals surface area contributed by atoms with Gasteiger partial charge in [0.15, 0.2) is 11.6 Å². The smallest absolute Gasteiger partial charge is 0.163 e. The number of nitrogens with zero attached hydrogens (tertiary/aromatic N) is 4. The maximum atomic E-state index is 5.39. The molecule has 0 spiro atoms. The van der Waals surface area contributed by atoms with Crippen molar-refractivity contribution in [2.24, 2.45) is 0 Å². The minimum atomic E-state index is 0.00722. The van der Waals surface area contributed by atoms with E-state index in [1.54, 1.807) is 11.1 Å². The van der Waals surface area contributed by atoms with Gasteiger partial charge < -0.3 is 4.57 Å². The van der Waals surface area contributed by atoms with Gasteiger partial charge in [-0.05, 0) is 94.1 Å². The third-order valence-corrected chi connectivity index (χ3v) is 12.5. The first-order valence-corrected chi connectivity index (χ1v) is 19.4. The Morgan fingerprint density at radius 1 is 0.630 bits per heavy atom. The molecule has 3 aliphatic carbocycles. The van der Waals surface area contributed by atoms with E-state index >= 15 is 0 Å². The van der Waals surface area contributed by atoms with E-state index in [1.807, 2.05) is 0 Å². The molecular formula is C50H40N4. The molecule has 0 saturated heterocycles. The standard InChI is InChI=1S/C50H40N4/c1-50(2)41-22-11-10-21-39(41)40-26-23-35(30-42(40)50)49-52-47(33-15-4-3-5-16-33)51-48(53-49)34-17-12-18-36(29-34)54-43-27-24-31-13-6-8-19-37(31)45(43)46-38-20-9-7-14-32(38)25-28-44(46)54/h3-11,13-16,18-22,24-25,27-29,35H,12,17,23,26,30H2,1-2H3. The molecule has 0 bridgehead atoms. The lowest BCUT2D eigenvalue weighted by molar-refractivity contribution is 0.512. The molecular weight excluding hydrogens is 657 g/mol. The third-order valence-electron chi connectivity index (χ3n) is 12.5. The number of hydrogen-bond acceptors (Lipinski definition) is 3. The molecule has 0 aliphatic heterocycles. The van der Waals surface area contributed by atoms with Crippen LogP contribution in [0.25, 0.3) is 71.6 Å². The molecule has 0 saturated carbocycles. The summed E-state index contributed by atoms with van der Waals surface area (Å²) >= 11 is 0. The number of fused-ring (bicyclic) bond motifs is 9. The Labute approximate surface area is 315 Å². The molecule has 1 unspecified atom stereocenters. The van der Waals surface area contributed by atoms with Crippen molar-refractivity contribution < 1.29 is 0 Å². The van der Waals surface area contributed by atoms with E-state index in [4.69, 9.17) is 15.0 Å². The highest BCUT2D eigenvalue weighted by atomic mass is 15.0. The molecule has 11 rings (SSSR count). The van der Waals surface area contributed by atoms with Crippen LogP contribution in [-0.2, 0) is 5.41 Å². The predicted molar refractivity (Wildman–Crippen MR) is 224 cm³/mol. The average Bonchev–Trinajstić information content (AvgIpc) is 3.70. The van der Waals surface area contributed by atoms with E-state index in [0.29, 0.717) is 0 Å². The SMILES string of the molecule is CC1(C)C2=C(CCC(c3nc(C4=CC(n5c6ccc7ccccc7c6c6c7ccccc7ccc65)=CCC4)nc(-c4ccccc4)n3)C2)c2ccccc21. The van der Waals surface area contributed by atoms with Gasteiger partial charge in [-0.25, -0.2) is 15.0 Å². The molecule has 4 nitrogen and oxygen atoms in total. The Kier molecular flexibility index (Phi) is 6.94. The lowest BCUT2D eigenvalue weighted by Gasteiger charge is -2.31. The zero-order valence-corrected chi connectivity index (χ0v) is 30.7. The van der Waals surface area contributed by atoms with E-state index in [0.717, 1.165) is 60.7 Å². The Morgan fingerprint density at radius 3 is 2.02 bits per heavy atom. The van der Waals surface area contributed by atoms with Crippen LogP contribution in [0.3, 0.4) is 0 Å². The van der Waals surface area contributed by atoms with Crippen LogP contribution in [0.5, 0.6) is 0 Å². The van der Waals surface area contributed by atoms with Crippen LogP contribution in [0, 0.1) is 0 Å². The van der Waals surface area contributed by atoms with Gasteiger partial charge in [-0.3, -0.25) is 0 Å². The van der Waals surface area contributed by atoms with Gasteiger partial charge in [0.1, 0.15) is 5.82 Å². The second-order valence-electron chi connectivity index (χ2n) is 15.8. The highest BCUT2D eigenvalue weighted by molar-refractivity contribution is 6.29. The third kappa shape index (κ3) is 4.72. The highest BCUT2D eigenvalue weighted by Gasteiger charge is 2.41. The summed E-state index contributed by atoms with van der Waals surface area (Å²) in [6.45, 7) is 4.79. The van der Waals surface area contributed by atoms with E-state index in [9.17, 15) is 0 Å². The van der Waals surface area contributed by atoms with Crippen LogP contribution in [0.4, 0.5) is 0 Å². The first-order chi connectivity index (χ1) is 26.5. The summed E-state index contributed by atoms with van der Waals surface area (Å²) < 4.78 is 2.47. The number of aromatic nitrogens is 4. The summed E-state index contributed by atoms with van der Waals surface area (Å²) in [6, 6.07) is 46.2. The van der Waals surface area contributed by atoms with Crippen molar-refractivity contribution in [3.05, 3.63) is 168 Å². The quantitative estimate of drug-likeness (QED) is 0.184. The van der Waals surface area contributed by atoms with Crippen LogP contribution in [0.2, 0.25) is 0 Å². The van der Waals surface area contributed by atoms with Crippen molar-refractivity contribution in [2.45, 2.75) is 57.3 Å². The summed E-state index contributed by atoms with van der Waals surface area (Å²) in [5.41, 5.74) is 11.8. The van der Waals surface area contributed by atoms with E-state index in [1.165, 1.54) is 60.2 Å². The fourth-order valence-electron chi connectivity index (χ4n) is 9.82. The van der Waals surface area contributed by atoms with Gasteiger partial charge in [-0.1, -0.05) is 141 Å². The van der Waals surface area contributed by atoms with Crippen LogP contribution >= 0.6 is 0 Å². The van der Waals surface area contributed by atoms with Crippen LogP contribution in [0.1, 0.15) is 74.6 Å². The van der Waals surface area contributed by atoms with Crippen LogP contribution in [-0.4, -0.2) is 19.5 Å². The summed E-state index contributed by atoms with van der Waals surface area (Å²) in [5, 5.41) is 7.69. The first kappa shape index (κ1) is 31.4. The topological polar surface area (TPSA) is 43.6 Å². The van der Waals surface area contributed by atoms with Crippen LogP contribution in [0.15, 0.2) is 145 Å². The van der Waals surface area contributed by atoms with Crippen molar-refractivity contribution in [1.29, 1.82) is 0 Å². The molecule has 8 aromatic rings.